The van der Waals surface area contributed by atoms with Crippen LogP contribution in [0.25, 0.3) is 6.08 Å². The topological polar surface area (TPSA) is 66.8 Å². The average molecular weight is 365 g/mol. The lowest BCUT2D eigenvalue weighted by atomic mass is 9.73. The highest BCUT2D eigenvalue weighted by molar-refractivity contribution is 5.92. The first-order valence-electron chi connectivity index (χ1n) is 8.95. The van der Waals surface area contributed by atoms with Crippen LogP contribution in [0, 0.1) is 0 Å². The van der Waals surface area contributed by atoms with Crippen LogP contribution in [0.15, 0.2) is 60.7 Å². The van der Waals surface area contributed by atoms with Crippen LogP contribution in [0.1, 0.15) is 24.0 Å². The summed E-state index contributed by atoms with van der Waals surface area (Å²) < 4.78 is 5.18. The molecule has 0 unspecified atom stereocenters. The number of carboxylic acid groups (broad SMARTS) is 1. The lowest BCUT2D eigenvalue weighted by Crippen LogP contribution is -2.48. The summed E-state index contributed by atoms with van der Waals surface area (Å²) in [4.78, 5) is 26.2. The van der Waals surface area contributed by atoms with Gasteiger partial charge in [0.25, 0.3) is 0 Å². The Morgan fingerprint density at radius 2 is 1.78 bits per heavy atom. The Morgan fingerprint density at radius 3 is 2.41 bits per heavy atom. The van der Waals surface area contributed by atoms with Gasteiger partial charge in [0.2, 0.25) is 5.91 Å². The Balaban J connectivity index is 1.68. The number of nitrogens with zero attached hydrogens (tertiary/aromatic N) is 1. The zero-order valence-corrected chi connectivity index (χ0v) is 15.3. The maximum atomic E-state index is 12.5. The molecule has 1 heterocycles. The lowest BCUT2D eigenvalue weighted by molar-refractivity contribution is -0.147. The minimum atomic E-state index is -0.922. The summed E-state index contributed by atoms with van der Waals surface area (Å²) in [5.74, 6) is -0.200. The number of likely N-dealkylation sites (tertiary alicyclic amines) is 1. The van der Waals surface area contributed by atoms with Crippen molar-refractivity contribution in [2.24, 2.45) is 0 Å². The number of carboxylic acids is 1. The summed E-state index contributed by atoms with van der Waals surface area (Å²) in [6.45, 7) is 0.838. The molecule has 0 aliphatic carbocycles. The molecule has 1 aliphatic rings. The highest BCUT2D eigenvalue weighted by Gasteiger charge is 2.43. The number of methoxy groups -OCH3 is 1. The van der Waals surface area contributed by atoms with E-state index in [0.29, 0.717) is 25.9 Å². The van der Waals surface area contributed by atoms with Gasteiger partial charge in [-0.25, -0.2) is 0 Å². The Morgan fingerprint density at radius 1 is 1.07 bits per heavy atom. The molecule has 0 saturated carbocycles. The molecule has 0 spiro atoms. The normalized spacial score (nSPS) is 16.3. The van der Waals surface area contributed by atoms with Crippen molar-refractivity contribution in [3.8, 4) is 5.75 Å². The zero-order valence-electron chi connectivity index (χ0n) is 15.3. The Bertz CT molecular complexity index is 836. The first-order valence-corrected chi connectivity index (χ1v) is 8.95. The molecular formula is C22H23NO4. The van der Waals surface area contributed by atoms with Crippen LogP contribution in [-0.2, 0) is 15.0 Å². The molecule has 3 rings (SSSR count). The fourth-order valence-electron chi connectivity index (χ4n) is 3.51. The molecule has 0 aromatic heterocycles. The molecule has 140 valence electrons. The average Bonchev–Trinajstić information content (AvgIpc) is 2.72. The van der Waals surface area contributed by atoms with Gasteiger partial charge in [-0.05, 0) is 42.2 Å². The van der Waals surface area contributed by atoms with Crippen LogP contribution in [0.3, 0.4) is 0 Å². The first-order chi connectivity index (χ1) is 13.0. The monoisotopic (exact) mass is 365 g/mol. The van der Waals surface area contributed by atoms with Crippen molar-refractivity contribution in [3.05, 3.63) is 71.8 Å². The number of amides is 1. The maximum absolute atomic E-state index is 12.5. The zero-order chi connectivity index (χ0) is 19.3. The van der Waals surface area contributed by atoms with Crippen molar-refractivity contribution in [2.45, 2.75) is 18.3 Å². The third kappa shape index (κ3) is 4.03. The first kappa shape index (κ1) is 18.7. The van der Waals surface area contributed by atoms with Crippen molar-refractivity contribution < 1.29 is 19.4 Å². The molecule has 1 amide bonds. The number of carbonyl (C=O) groups is 2. The van der Waals surface area contributed by atoms with E-state index in [1.54, 1.807) is 18.1 Å². The van der Waals surface area contributed by atoms with E-state index in [9.17, 15) is 14.7 Å². The van der Waals surface area contributed by atoms with Gasteiger partial charge in [0.1, 0.15) is 5.75 Å². The summed E-state index contributed by atoms with van der Waals surface area (Å²) >= 11 is 0. The van der Waals surface area contributed by atoms with E-state index >= 15 is 0 Å². The predicted octanol–water partition coefficient (Wildman–Crippen LogP) is 3.35. The number of carbonyl (C=O) groups excluding carboxylic acids is 1. The van der Waals surface area contributed by atoms with Gasteiger partial charge in [-0.1, -0.05) is 42.5 Å². The van der Waals surface area contributed by atoms with E-state index < -0.39 is 11.4 Å². The van der Waals surface area contributed by atoms with Crippen molar-refractivity contribution >= 4 is 18.0 Å². The molecule has 1 saturated heterocycles. The summed E-state index contributed by atoms with van der Waals surface area (Å²) in [6, 6.07) is 16.8. The second-order valence-corrected chi connectivity index (χ2v) is 6.69. The third-order valence-corrected chi connectivity index (χ3v) is 5.18. The molecule has 5 nitrogen and oxygen atoms in total. The summed E-state index contributed by atoms with van der Waals surface area (Å²) in [6.07, 6.45) is 4.10. The Kier molecular flexibility index (Phi) is 5.60. The van der Waals surface area contributed by atoms with E-state index in [1.165, 1.54) is 6.08 Å². The summed E-state index contributed by atoms with van der Waals surface area (Å²) in [7, 11) is 1.60. The SMILES string of the molecule is COc1cccc(/C=C/C(=O)N2CCC(C(=O)O)(c3ccccc3)CC2)c1. The minimum Gasteiger partial charge on any atom is -0.497 e. The number of hydrogen-bond donors (Lipinski definition) is 1. The highest BCUT2D eigenvalue weighted by atomic mass is 16.5. The van der Waals surface area contributed by atoms with Crippen LogP contribution in [0.4, 0.5) is 0 Å². The molecule has 2 aromatic carbocycles. The summed E-state index contributed by atoms with van der Waals surface area (Å²) in [5, 5.41) is 9.84. The fraction of sp³-hybridized carbons (Fsp3) is 0.273. The number of ether oxygens (including phenoxy) is 1. The third-order valence-electron chi connectivity index (χ3n) is 5.18. The van der Waals surface area contributed by atoms with Crippen LogP contribution >= 0.6 is 0 Å². The highest BCUT2D eigenvalue weighted by Crippen LogP contribution is 2.36. The Labute approximate surface area is 158 Å². The van der Waals surface area contributed by atoms with Crippen LogP contribution in [0.5, 0.6) is 5.75 Å². The Hall–Kier alpha value is -3.08. The van der Waals surface area contributed by atoms with E-state index in [2.05, 4.69) is 0 Å². The van der Waals surface area contributed by atoms with E-state index in [1.807, 2.05) is 54.6 Å². The van der Waals surface area contributed by atoms with Gasteiger partial charge in [-0.15, -0.1) is 0 Å². The summed E-state index contributed by atoms with van der Waals surface area (Å²) in [5.41, 5.74) is 0.759. The van der Waals surface area contributed by atoms with Gasteiger partial charge in [0.05, 0.1) is 12.5 Å². The van der Waals surface area contributed by atoms with E-state index in [0.717, 1.165) is 16.9 Å². The van der Waals surface area contributed by atoms with Crippen LogP contribution < -0.4 is 4.74 Å². The van der Waals surface area contributed by atoms with E-state index in [-0.39, 0.29) is 5.91 Å². The standard InChI is InChI=1S/C22H23NO4/c1-27-19-9-5-6-17(16-19)10-11-20(24)23-14-12-22(13-15-23,21(25)26)18-7-3-2-4-8-18/h2-11,16H,12-15H2,1H3,(H,25,26)/b11-10+. The molecule has 0 bridgehead atoms. The second-order valence-electron chi connectivity index (χ2n) is 6.69. The van der Waals surface area contributed by atoms with Gasteiger partial charge in [0, 0.05) is 19.2 Å². The lowest BCUT2D eigenvalue weighted by Gasteiger charge is -2.38. The number of benzene rings is 2. The molecule has 1 aliphatic heterocycles. The predicted molar refractivity (Wildman–Crippen MR) is 104 cm³/mol. The van der Waals surface area contributed by atoms with Crippen molar-refractivity contribution in [2.75, 3.05) is 20.2 Å². The largest absolute Gasteiger partial charge is 0.497 e. The van der Waals surface area contributed by atoms with Gasteiger partial charge in [-0.2, -0.15) is 0 Å². The number of piperidine rings is 1. The van der Waals surface area contributed by atoms with Gasteiger partial charge >= 0.3 is 5.97 Å². The molecule has 0 atom stereocenters. The molecular weight excluding hydrogens is 342 g/mol. The number of hydrogen-bond acceptors (Lipinski definition) is 3. The van der Waals surface area contributed by atoms with Crippen molar-refractivity contribution in [1.82, 2.24) is 4.90 Å². The van der Waals surface area contributed by atoms with Crippen LogP contribution in [0.2, 0.25) is 0 Å². The maximum Gasteiger partial charge on any atom is 0.314 e. The smallest absolute Gasteiger partial charge is 0.314 e. The molecule has 5 heteroatoms. The molecule has 0 radical (unpaired) electrons. The number of rotatable bonds is 5. The molecule has 1 N–H and O–H groups in total. The van der Waals surface area contributed by atoms with Gasteiger partial charge in [-0.3, -0.25) is 9.59 Å². The van der Waals surface area contributed by atoms with Crippen LogP contribution in [-0.4, -0.2) is 42.1 Å². The fourth-order valence-corrected chi connectivity index (χ4v) is 3.51. The molecule has 2 aromatic rings. The van der Waals surface area contributed by atoms with Gasteiger partial charge < -0.3 is 14.7 Å². The minimum absolute atomic E-state index is 0.107. The van der Waals surface area contributed by atoms with E-state index in [4.69, 9.17) is 4.74 Å². The second kappa shape index (κ2) is 8.08. The quantitative estimate of drug-likeness (QED) is 0.825. The molecule has 27 heavy (non-hydrogen) atoms. The molecule has 1 fully saturated rings. The van der Waals surface area contributed by atoms with Gasteiger partial charge in [0.15, 0.2) is 0 Å². The van der Waals surface area contributed by atoms with Crippen molar-refractivity contribution in [1.29, 1.82) is 0 Å². The van der Waals surface area contributed by atoms with Crippen molar-refractivity contribution in [3.63, 3.8) is 0 Å². The number of aliphatic carboxylic acids is 1.